The first kappa shape index (κ1) is 17.0. The van der Waals surface area contributed by atoms with E-state index in [1.807, 2.05) is 6.07 Å². The number of nitrogens with zero attached hydrogens (tertiary/aromatic N) is 1. The van der Waals surface area contributed by atoms with Crippen molar-refractivity contribution in [2.45, 2.75) is 25.7 Å². The van der Waals surface area contributed by atoms with E-state index in [2.05, 4.69) is 0 Å². The Morgan fingerprint density at radius 2 is 1.54 bits per heavy atom. The molecular weight excluding hydrogens is 350 g/mol. The van der Waals surface area contributed by atoms with Gasteiger partial charge in [-0.1, -0.05) is 54.8 Å². The summed E-state index contributed by atoms with van der Waals surface area (Å²) in [6.45, 7) is 0. The summed E-state index contributed by atoms with van der Waals surface area (Å²) in [6, 6.07) is 13.5. The zero-order valence-corrected chi connectivity index (χ0v) is 14.9. The number of fused-ring (bicyclic) bond motifs is 1. The maximum absolute atomic E-state index is 13.0. The molecule has 4 nitrogen and oxygen atoms in total. The van der Waals surface area contributed by atoms with Crippen LogP contribution < -0.4 is 4.90 Å². The van der Waals surface area contributed by atoms with E-state index in [-0.39, 0.29) is 35.0 Å². The third-order valence-corrected chi connectivity index (χ3v) is 5.56. The summed E-state index contributed by atoms with van der Waals surface area (Å²) in [6.07, 6.45) is 3.40. The van der Waals surface area contributed by atoms with E-state index in [4.69, 9.17) is 11.6 Å². The highest BCUT2D eigenvalue weighted by Gasteiger charge is 2.49. The third-order valence-electron chi connectivity index (χ3n) is 5.32. The fourth-order valence-corrected chi connectivity index (χ4v) is 4.20. The lowest BCUT2D eigenvalue weighted by Crippen LogP contribution is -2.32. The molecule has 2 aromatic rings. The zero-order valence-electron chi connectivity index (χ0n) is 14.2. The van der Waals surface area contributed by atoms with E-state index < -0.39 is 0 Å². The highest BCUT2D eigenvalue weighted by molar-refractivity contribution is 6.32. The minimum atomic E-state index is -0.258. The molecule has 2 fully saturated rings. The Labute approximate surface area is 156 Å². The summed E-state index contributed by atoms with van der Waals surface area (Å²) in [5.41, 5.74) is 1.12. The van der Waals surface area contributed by atoms with Crippen LogP contribution in [0.25, 0.3) is 0 Å². The van der Waals surface area contributed by atoms with Gasteiger partial charge in [-0.3, -0.25) is 14.4 Å². The van der Waals surface area contributed by atoms with Crippen LogP contribution in [0.4, 0.5) is 5.69 Å². The average molecular weight is 368 g/mol. The number of carbonyl (C=O) groups excluding carboxylic acids is 3. The first-order chi connectivity index (χ1) is 12.6. The summed E-state index contributed by atoms with van der Waals surface area (Å²) >= 11 is 6.11. The monoisotopic (exact) mass is 367 g/mol. The molecule has 2 aromatic carbocycles. The van der Waals surface area contributed by atoms with E-state index in [1.165, 1.54) is 11.0 Å². The molecule has 132 valence electrons. The van der Waals surface area contributed by atoms with Crippen molar-refractivity contribution in [2.75, 3.05) is 4.90 Å². The number of carbonyl (C=O) groups is 3. The Balaban J connectivity index is 1.79. The van der Waals surface area contributed by atoms with Gasteiger partial charge in [-0.25, -0.2) is 4.90 Å². The molecule has 2 amide bonds. The highest BCUT2D eigenvalue weighted by atomic mass is 35.5. The fourth-order valence-electron chi connectivity index (χ4n) is 4.03. The van der Waals surface area contributed by atoms with Crippen molar-refractivity contribution in [2.24, 2.45) is 11.8 Å². The smallest absolute Gasteiger partial charge is 0.237 e. The summed E-state index contributed by atoms with van der Waals surface area (Å²) in [5.74, 6) is -1.15. The Hall–Kier alpha value is -2.46. The van der Waals surface area contributed by atoms with Crippen LogP contribution in [0.3, 0.4) is 0 Å². The van der Waals surface area contributed by atoms with Crippen LogP contribution in [-0.4, -0.2) is 17.6 Å². The summed E-state index contributed by atoms with van der Waals surface area (Å²) in [4.78, 5) is 40.0. The lowest BCUT2D eigenvalue weighted by molar-refractivity contribution is -0.122. The number of anilines is 1. The predicted octanol–water partition coefficient (Wildman–Crippen LogP) is 4.25. The molecule has 1 saturated carbocycles. The van der Waals surface area contributed by atoms with Crippen molar-refractivity contribution < 1.29 is 14.4 Å². The molecule has 2 unspecified atom stereocenters. The van der Waals surface area contributed by atoms with Gasteiger partial charge in [0.1, 0.15) is 0 Å². The first-order valence-electron chi connectivity index (χ1n) is 8.85. The van der Waals surface area contributed by atoms with E-state index in [0.717, 1.165) is 25.7 Å². The molecule has 0 spiro atoms. The van der Waals surface area contributed by atoms with Crippen molar-refractivity contribution in [1.29, 1.82) is 0 Å². The van der Waals surface area contributed by atoms with Crippen LogP contribution in [-0.2, 0) is 9.59 Å². The van der Waals surface area contributed by atoms with Crippen LogP contribution in [0.5, 0.6) is 0 Å². The number of halogens is 1. The molecule has 26 heavy (non-hydrogen) atoms. The molecule has 0 N–H and O–H groups in total. The molecule has 1 heterocycles. The number of amides is 2. The van der Waals surface area contributed by atoms with E-state index in [0.29, 0.717) is 16.3 Å². The van der Waals surface area contributed by atoms with E-state index in [9.17, 15) is 14.4 Å². The van der Waals surface area contributed by atoms with Crippen molar-refractivity contribution in [1.82, 2.24) is 0 Å². The van der Waals surface area contributed by atoms with Crippen molar-refractivity contribution in [3.05, 3.63) is 64.7 Å². The maximum atomic E-state index is 13.0. The second-order valence-corrected chi connectivity index (χ2v) is 7.30. The van der Waals surface area contributed by atoms with Crippen LogP contribution in [0.15, 0.2) is 48.5 Å². The SMILES string of the molecule is O=C(c1ccccc1)c1cc(Cl)ccc1N1C(=O)C2CCCCC2C1=O. The minimum absolute atomic E-state index is 0.191. The molecule has 2 atom stereocenters. The lowest BCUT2D eigenvalue weighted by atomic mass is 9.81. The van der Waals surface area contributed by atoms with Gasteiger partial charge in [-0.2, -0.15) is 0 Å². The van der Waals surface area contributed by atoms with Crippen molar-refractivity contribution >= 4 is 34.9 Å². The molecule has 1 saturated heterocycles. The molecule has 0 radical (unpaired) electrons. The zero-order chi connectivity index (χ0) is 18.3. The van der Waals surface area contributed by atoms with Gasteiger partial charge >= 0.3 is 0 Å². The van der Waals surface area contributed by atoms with Gasteiger partial charge in [-0.05, 0) is 31.0 Å². The molecule has 1 aliphatic carbocycles. The van der Waals surface area contributed by atoms with E-state index in [1.54, 1.807) is 36.4 Å². The van der Waals surface area contributed by atoms with E-state index >= 15 is 0 Å². The number of hydrogen-bond donors (Lipinski definition) is 0. The van der Waals surface area contributed by atoms with Gasteiger partial charge in [0.15, 0.2) is 5.78 Å². The Morgan fingerprint density at radius 3 is 2.15 bits per heavy atom. The number of benzene rings is 2. The summed E-state index contributed by atoms with van der Waals surface area (Å²) < 4.78 is 0. The van der Waals surface area contributed by atoms with Crippen LogP contribution in [0.2, 0.25) is 5.02 Å². The summed E-state index contributed by atoms with van der Waals surface area (Å²) in [7, 11) is 0. The predicted molar refractivity (Wildman–Crippen MR) is 99.3 cm³/mol. The highest BCUT2D eigenvalue weighted by Crippen LogP contribution is 2.41. The minimum Gasteiger partial charge on any atom is -0.289 e. The molecule has 0 bridgehead atoms. The first-order valence-corrected chi connectivity index (χ1v) is 9.23. The van der Waals surface area contributed by atoms with Crippen LogP contribution in [0.1, 0.15) is 41.6 Å². The number of imide groups is 1. The standard InChI is InChI=1S/C21H18ClNO3/c22-14-10-11-18(17(12-14)19(24)13-6-2-1-3-7-13)23-20(25)15-8-4-5-9-16(15)21(23)26/h1-3,6-7,10-12,15-16H,4-5,8-9H2. The third kappa shape index (κ3) is 2.74. The quantitative estimate of drug-likeness (QED) is 0.602. The van der Waals surface area contributed by atoms with Crippen LogP contribution >= 0.6 is 11.6 Å². The normalized spacial score (nSPS) is 22.4. The maximum Gasteiger partial charge on any atom is 0.237 e. The molecule has 2 aliphatic rings. The molecule has 5 heteroatoms. The van der Waals surface area contributed by atoms with Gasteiger partial charge in [-0.15, -0.1) is 0 Å². The average Bonchev–Trinajstić information content (AvgIpc) is 2.93. The number of rotatable bonds is 3. The second kappa shape index (κ2) is 6.69. The van der Waals surface area contributed by atoms with Crippen LogP contribution in [0, 0.1) is 11.8 Å². The summed E-state index contributed by atoms with van der Waals surface area (Å²) in [5, 5.41) is 0.393. The largest absolute Gasteiger partial charge is 0.289 e. The van der Waals surface area contributed by atoms with Gasteiger partial charge in [0.25, 0.3) is 0 Å². The van der Waals surface area contributed by atoms with Gasteiger partial charge in [0, 0.05) is 16.1 Å². The molecular formula is C21H18ClNO3. The van der Waals surface area contributed by atoms with Gasteiger partial charge in [0.05, 0.1) is 17.5 Å². The Morgan fingerprint density at radius 1 is 0.923 bits per heavy atom. The molecule has 4 rings (SSSR count). The van der Waals surface area contributed by atoms with Gasteiger partial charge in [0.2, 0.25) is 11.8 Å². The van der Waals surface area contributed by atoms with Crippen molar-refractivity contribution in [3.63, 3.8) is 0 Å². The second-order valence-electron chi connectivity index (χ2n) is 6.87. The lowest BCUT2D eigenvalue weighted by Gasteiger charge is -2.19. The van der Waals surface area contributed by atoms with Crippen molar-refractivity contribution in [3.8, 4) is 0 Å². The number of ketones is 1. The topological polar surface area (TPSA) is 54.5 Å². The Kier molecular flexibility index (Phi) is 4.37. The van der Waals surface area contributed by atoms with Gasteiger partial charge < -0.3 is 0 Å². The fraction of sp³-hybridized carbons (Fsp3) is 0.286. The molecule has 1 aliphatic heterocycles. The number of hydrogen-bond acceptors (Lipinski definition) is 3. The Bertz CT molecular complexity index is 869. The molecule has 0 aromatic heterocycles.